The number of aliphatic hydroxyl groups excluding tert-OH is 4. The van der Waals surface area contributed by atoms with Crippen LogP contribution in [0.15, 0.2) is 48.5 Å². The highest BCUT2D eigenvalue weighted by atomic mass is 35.5. The summed E-state index contributed by atoms with van der Waals surface area (Å²) in [5.74, 6) is 0. The fourth-order valence-electron chi connectivity index (χ4n) is 2.44. The van der Waals surface area contributed by atoms with Gasteiger partial charge >= 0.3 is 0 Å². The fraction of sp³-hybridized carbons (Fsp3) is 0.333. The maximum atomic E-state index is 10.2. The molecule has 0 aliphatic heterocycles. The van der Waals surface area contributed by atoms with Crippen LogP contribution >= 0.6 is 23.2 Å². The highest BCUT2D eigenvalue weighted by Crippen LogP contribution is 2.32. The van der Waals surface area contributed by atoms with Gasteiger partial charge < -0.3 is 25.2 Å². The molecule has 0 bridgehead atoms. The Labute approximate surface area is 156 Å². The Morgan fingerprint density at radius 3 is 1.28 bits per heavy atom. The molecule has 0 heterocycles. The molecule has 25 heavy (non-hydrogen) atoms. The van der Waals surface area contributed by atoms with E-state index in [-0.39, 0.29) is 0 Å². The first-order valence-corrected chi connectivity index (χ1v) is 8.46. The third-order valence-corrected chi connectivity index (χ3v) is 4.27. The highest BCUT2D eigenvalue weighted by molar-refractivity contribution is 6.30. The predicted molar refractivity (Wildman–Crippen MR) is 95.7 cm³/mol. The normalized spacial score (nSPS) is 16.2. The van der Waals surface area contributed by atoms with Gasteiger partial charge in [-0.15, -0.1) is 0 Å². The van der Waals surface area contributed by atoms with Gasteiger partial charge in [0.05, 0.1) is 13.2 Å². The van der Waals surface area contributed by atoms with E-state index in [1.807, 2.05) is 0 Å². The molecule has 0 spiro atoms. The van der Waals surface area contributed by atoms with Crippen molar-refractivity contribution in [2.75, 3.05) is 13.2 Å². The smallest absolute Gasteiger partial charge is 0.112 e. The average Bonchev–Trinajstić information content (AvgIpc) is 2.63. The second-order valence-electron chi connectivity index (χ2n) is 5.58. The highest BCUT2D eigenvalue weighted by Gasteiger charge is 2.30. The van der Waals surface area contributed by atoms with Gasteiger partial charge in [-0.1, -0.05) is 47.5 Å². The van der Waals surface area contributed by atoms with Crippen molar-refractivity contribution in [3.05, 3.63) is 69.7 Å². The number of hydrogen-bond acceptors (Lipinski definition) is 5. The monoisotopic (exact) mass is 386 g/mol. The summed E-state index contributed by atoms with van der Waals surface area (Å²) < 4.78 is 5.90. The lowest BCUT2D eigenvalue weighted by molar-refractivity contribution is -0.137. The van der Waals surface area contributed by atoms with Crippen molar-refractivity contribution in [3.63, 3.8) is 0 Å². The van der Waals surface area contributed by atoms with Crippen molar-refractivity contribution >= 4 is 23.2 Å². The number of hydrogen-bond donors (Lipinski definition) is 4. The number of ether oxygens (including phenoxy) is 1. The van der Waals surface area contributed by atoms with Crippen LogP contribution in [0.3, 0.4) is 0 Å². The van der Waals surface area contributed by atoms with Gasteiger partial charge in [-0.05, 0) is 35.4 Å². The summed E-state index contributed by atoms with van der Waals surface area (Å²) in [5, 5.41) is 40.1. The maximum Gasteiger partial charge on any atom is 0.112 e. The van der Waals surface area contributed by atoms with Gasteiger partial charge in [-0.2, -0.15) is 0 Å². The van der Waals surface area contributed by atoms with E-state index in [4.69, 9.17) is 27.9 Å². The van der Waals surface area contributed by atoms with Crippen LogP contribution in [0, 0.1) is 0 Å². The third kappa shape index (κ3) is 5.39. The molecule has 2 aromatic carbocycles. The van der Waals surface area contributed by atoms with Gasteiger partial charge in [0.1, 0.15) is 24.4 Å². The second-order valence-corrected chi connectivity index (χ2v) is 6.45. The van der Waals surface area contributed by atoms with Gasteiger partial charge in [0, 0.05) is 10.0 Å². The Morgan fingerprint density at radius 2 is 1.00 bits per heavy atom. The van der Waals surface area contributed by atoms with E-state index in [1.165, 1.54) is 0 Å². The number of benzene rings is 2. The maximum absolute atomic E-state index is 10.2. The molecular weight excluding hydrogens is 367 g/mol. The van der Waals surface area contributed by atoms with Crippen molar-refractivity contribution < 1.29 is 25.2 Å². The topological polar surface area (TPSA) is 90.2 Å². The molecule has 0 aliphatic rings. The van der Waals surface area contributed by atoms with Crippen molar-refractivity contribution in [1.82, 2.24) is 0 Å². The van der Waals surface area contributed by atoms with E-state index in [2.05, 4.69) is 0 Å². The molecule has 4 N–H and O–H groups in total. The number of halogens is 2. The molecule has 0 saturated carbocycles. The average molecular weight is 387 g/mol. The molecule has 5 nitrogen and oxygen atoms in total. The van der Waals surface area contributed by atoms with Gasteiger partial charge in [-0.25, -0.2) is 0 Å². The van der Waals surface area contributed by atoms with Crippen LogP contribution in [0.4, 0.5) is 0 Å². The minimum absolute atomic E-state index is 0.519. The van der Waals surface area contributed by atoms with Gasteiger partial charge in [-0.3, -0.25) is 0 Å². The van der Waals surface area contributed by atoms with Gasteiger partial charge in [0.25, 0.3) is 0 Å². The summed E-state index contributed by atoms with van der Waals surface area (Å²) in [4.78, 5) is 0. The van der Waals surface area contributed by atoms with Crippen molar-refractivity contribution in [2.24, 2.45) is 0 Å². The number of aliphatic hydroxyl groups is 4. The first-order chi connectivity index (χ1) is 12.0. The molecule has 0 radical (unpaired) electrons. The van der Waals surface area contributed by atoms with E-state index < -0.39 is 37.6 Å². The first-order valence-electron chi connectivity index (χ1n) is 7.70. The third-order valence-electron chi connectivity index (χ3n) is 3.76. The van der Waals surface area contributed by atoms with Gasteiger partial charge in [0.2, 0.25) is 0 Å². The summed E-state index contributed by atoms with van der Waals surface area (Å²) in [6.07, 6.45) is -4.29. The summed E-state index contributed by atoms with van der Waals surface area (Å²) in [6, 6.07) is 13.2. The van der Waals surface area contributed by atoms with Crippen molar-refractivity contribution in [2.45, 2.75) is 24.4 Å². The zero-order valence-corrected chi connectivity index (χ0v) is 14.8. The molecule has 0 saturated heterocycles. The quantitative estimate of drug-likeness (QED) is 0.559. The minimum atomic E-state index is -1.22. The molecule has 2 aromatic rings. The molecule has 4 unspecified atom stereocenters. The molecule has 0 amide bonds. The van der Waals surface area contributed by atoms with Crippen LogP contribution in [-0.2, 0) is 4.74 Å². The zero-order valence-electron chi connectivity index (χ0n) is 13.3. The molecule has 4 atom stereocenters. The summed E-state index contributed by atoms with van der Waals surface area (Å²) >= 11 is 11.8. The summed E-state index contributed by atoms with van der Waals surface area (Å²) in [7, 11) is 0. The lowest BCUT2D eigenvalue weighted by Crippen LogP contribution is -2.32. The Kier molecular flexibility index (Phi) is 7.65. The van der Waals surface area contributed by atoms with Crippen LogP contribution in [0.1, 0.15) is 23.3 Å². The number of rotatable bonds is 8. The summed E-state index contributed by atoms with van der Waals surface area (Å²) in [5.41, 5.74) is 1.16. The molecular formula is C18H20Cl2O5. The Bertz CT molecular complexity index is 590. The van der Waals surface area contributed by atoms with Crippen LogP contribution in [0.25, 0.3) is 0 Å². The molecule has 0 fully saturated rings. The van der Waals surface area contributed by atoms with E-state index in [0.29, 0.717) is 21.2 Å². The largest absolute Gasteiger partial charge is 0.394 e. The van der Waals surface area contributed by atoms with E-state index in [9.17, 15) is 20.4 Å². The van der Waals surface area contributed by atoms with E-state index in [0.717, 1.165) is 0 Å². The molecule has 136 valence electrons. The van der Waals surface area contributed by atoms with Crippen LogP contribution in [0.5, 0.6) is 0 Å². The van der Waals surface area contributed by atoms with Crippen LogP contribution in [0.2, 0.25) is 10.0 Å². The van der Waals surface area contributed by atoms with Crippen LogP contribution < -0.4 is 0 Å². The molecule has 0 aromatic heterocycles. The van der Waals surface area contributed by atoms with Gasteiger partial charge in [0.15, 0.2) is 0 Å². The SMILES string of the molecule is OCC(O)C(OC(c1ccc(Cl)cc1)C(O)CO)c1ccc(Cl)cc1. The minimum Gasteiger partial charge on any atom is -0.394 e. The standard InChI is InChI=1S/C18H20Cl2O5/c19-13-5-1-11(2-6-13)17(15(23)9-21)25-18(16(24)10-22)12-3-7-14(20)8-4-12/h1-8,15-18,21-24H,9-10H2. The van der Waals surface area contributed by atoms with Crippen LogP contribution in [-0.4, -0.2) is 45.8 Å². The predicted octanol–water partition coefficient (Wildman–Crippen LogP) is 2.50. The Morgan fingerprint density at radius 1 is 0.680 bits per heavy atom. The zero-order chi connectivity index (χ0) is 18.4. The lowest BCUT2D eigenvalue weighted by Gasteiger charge is -2.30. The molecule has 2 rings (SSSR count). The Hall–Kier alpha value is -1.18. The van der Waals surface area contributed by atoms with E-state index >= 15 is 0 Å². The van der Waals surface area contributed by atoms with Crippen molar-refractivity contribution in [1.29, 1.82) is 0 Å². The first kappa shape index (κ1) is 20.1. The van der Waals surface area contributed by atoms with E-state index in [1.54, 1.807) is 48.5 Å². The fourth-order valence-corrected chi connectivity index (χ4v) is 2.69. The lowest BCUT2D eigenvalue weighted by atomic mass is 10.0. The molecule has 0 aliphatic carbocycles. The second kappa shape index (κ2) is 9.50. The Balaban J connectivity index is 2.34. The molecule has 7 heteroatoms. The summed E-state index contributed by atoms with van der Waals surface area (Å²) in [6.45, 7) is -1.06. The van der Waals surface area contributed by atoms with Crippen molar-refractivity contribution in [3.8, 4) is 0 Å².